The van der Waals surface area contributed by atoms with Crippen LogP contribution in [0.4, 0.5) is 13.2 Å². The zero-order chi connectivity index (χ0) is 27.0. The van der Waals surface area contributed by atoms with Crippen LogP contribution in [0.2, 0.25) is 0 Å². The highest BCUT2D eigenvalue weighted by Gasteiger charge is 2.34. The highest BCUT2D eigenvalue weighted by Crippen LogP contribution is 2.33. The van der Waals surface area contributed by atoms with Crippen molar-refractivity contribution in [2.24, 2.45) is 0 Å². The molecule has 0 radical (unpaired) electrons. The van der Waals surface area contributed by atoms with Crippen LogP contribution in [0.25, 0.3) is 21.5 Å². The van der Waals surface area contributed by atoms with Gasteiger partial charge in [-0.25, -0.2) is 15.0 Å². The molecule has 9 nitrogen and oxygen atoms in total. The lowest BCUT2D eigenvalue weighted by atomic mass is 10.1. The van der Waals surface area contributed by atoms with E-state index in [1.54, 1.807) is 25.3 Å². The van der Waals surface area contributed by atoms with Crippen LogP contribution in [0, 0.1) is 6.92 Å². The summed E-state index contributed by atoms with van der Waals surface area (Å²) in [5, 5.41) is 9.17. The molecule has 13 heteroatoms. The first-order valence-electron chi connectivity index (χ1n) is 12.0. The molecule has 4 heterocycles. The minimum absolute atomic E-state index is 0.00295. The number of aromatic nitrogens is 5. The van der Waals surface area contributed by atoms with Crippen molar-refractivity contribution in [3.8, 4) is 10.6 Å². The number of carbonyl (C=O) groups excluding carboxylic acids is 1. The van der Waals surface area contributed by atoms with Gasteiger partial charge in [-0.05, 0) is 33.0 Å². The van der Waals surface area contributed by atoms with E-state index >= 15 is 0 Å². The Kier molecular flexibility index (Phi) is 7.16. The minimum Gasteiger partial charge on any atom is -0.374 e. The van der Waals surface area contributed by atoms with E-state index in [1.165, 1.54) is 11.3 Å². The number of likely N-dealkylation sites (N-methyl/N-ethyl adjacent to an activating group) is 1. The first-order valence-corrected chi connectivity index (χ1v) is 12.8. The lowest BCUT2D eigenvalue weighted by Crippen LogP contribution is -2.42. The maximum absolute atomic E-state index is 13.2. The summed E-state index contributed by atoms with van der Waals surface area (Å²) in [5.41, 5.74) is 2.13. The van der Waals surface area contributed by atoms with E-state index in [0.29, 0.717) is 29.8 Å². The molecule has 38 heavy (non-hydrogen) atoms. The average Bonchev–Trinajstić information content (AvgIpc) is 3.48. The molecule has 1 aliphatic rings. The third-order valence-electron chi connectivity index (χ3n) is 6.29. The largest absolute Gasteiger partial charge is 0.451 e. The smallest absolute Gasteiger partial charge is 0.374 e. The van der Waals surface area contributed by atoms with Gasteiger partial charge in [-0.15, -0.1) is 11.3 Å². The van der Waals surface area contributed by atoms with E-state index in [4.69, 9.17) is 9.84 Å². The van der Waals surface area contributed by atoms with Crippen molar-refractivity contribution >= 4 is 28.1 Å². The van der Waals surface area contributed by atoms with Crippen molar-refractivity contribution in [2.45, 2.75) is 38.7 Å². The summed E-state index contributed by atoms with van der Waals surface area (Å²) < 4.78 is 46.1. The number of halogens is 3. The molecule has 0 bridgehead atoms. The van der Waals surface area contributed by atoms with Crippen LogP contribution in [0.15, 0.2) is 36.9 Å². The van der Waals surface area contributed by atoms with Crippen LogP contribution in [-0.4, -0.2) is 68.4 Å². The highest BCUT2D eigenvalue weighted by molar-refractivity contribution is 7.15. The molecule has 1 saturated heterocycles. The number of alkyl halides is 3. The van der Waals surface area contributed by atoms with Crippen LogP contribution in [0.3, 0.4) is 0 Å². The molecule has 1 fully saturated rings. The molecule has 2 unspecified atom stereocenters. The lowest BCUT2D eigenvalue weighted by Gasteiger charge is -2.29. The Labute approximate surface area is 220 Å². The number of hydrogen-bond acceptors (Lipinski definition) is 8. The molecule has 3 aromatic heterocycles. The Bertz CT molecular complexity index is 1450. The fraction of sp³-hybridized carbons (Fsp3) is 0.400. The Morgan fingerprint density at radius 2 is 2.00 bits per heavy atom. The summed E-state index contributed by atoms with van der Waals surface area (Å²) in [6, 6.07) is 2.85. The lowest BCUT2D eigenvalue weighted by molar-refractivity contribution is -0.145. The van der Waals surface area contributed by atoms with E-state index in [-0.39, 0.29) is 6.10 Å². The van der Waals surface area contributed by atoms with E-state index in [2.05, 4.69) is 32.2 Å². The summed E-state index contributed by atoms with van der Waals surface area (Å²) in [7, 11) is 2.06. The number of aryl methyl sites for hydroxylation is 1. The van der Waals surface area contributed by atoms with Gasteiger partial charge in [0, 0.05) is 64.8 Å². The first kappa shape index (κ1) is 26.2. The van der Waals surface area contributed by atoms with E-state index in [0.717, 1.165) is 46.3 Å². The molecule has 1 N–H and O–H groups in total. The maximum atomic E-state index is 13.2. The zero-order valence-electron chi connectivity index (χ0n) is 21.0. The number of thiazole rings is 1. The van der Waals surface area contributed by atoms with Gasteiger partial charge in [-0.3, -0.25) is 9.48 Å². The predicted molar refractivity (Wildman–Crippen MR) is 136 cm³/mol. The number of amides is 1. The number of benzene rings is 1. The number of carbonyl (C=O) groups is 1. The minimum atomic E-state index is -4.63. The predicted octanol–water partition coefficient (Wildman–Crippen LogP) is 4.10. The number of hydrogen-bond donors (Lipinski definition) is 1. The van der Waals surface area contributed by atoms with Gasteiger partial charge in [-0.2, -0.15) is 18.3 Å². The van der Waals surface area contributed by atoms with E-state index < -0.39 is 23.9 Å². The van der Waals surface area contributed by atoms with Gasteiger partial charge in [0.25, 0.3) is 5.91 Å². The molecule has 5 rings (SSSR count). The molecular formula is C25H26F3N7O2S. The summed E-state index contributed by atoms with van der Waals surface area (Å²) >= 11 is 1.52. The SMILES string of the molecule is Cc1cnc(-c2cc(C(=O)NC(C)c3cnc(C(F)(F)F)nc3)cc3nn(CC4CN(C)CCO4)cc23)s1. The number of rotatable bonds is 6. The first-order chi connectivity index (χ1) is 18.1. The quantitative estimate of drug-likeness (QED) is 0.390. The molecule has 4 aromatic rings. The van der Waals surface area contributed by atoms with Gasteiger partial charge in [0.15, 0.2) is 0 Å². The second-order valence-electron chi connectivity index (χ2n) is 9.37. The van der Waals surface area contributed by atoms with Crippen molar-refractivity contribution in [3.05, 3.63) is 58.7 Å². The summed E-state index contributed by atoms with van der Waals surface area (Å²) in [6.45, 7) is 6.54. The van der Waals surface area contributed by atoms with Gasteiger partial charge in [0.2, 0.25) is 5.82 Å². The molecule has 2 atom stereocenters. The highest BCUT2D eigenvalue weighted by atomic mass is 32.1. The van der Waals surface area contributed by atoms with Gasteiger partial charge in [-0.1, -0.05) is 0 Å². The van der Waals surface area contributed by atoms with E-state index in [9.17, 15) is 18.0 Å². The standard InChI is InChI=1S/C25H26F3N7O2S/c1-14-8-29-23(38-14)19-6-16(22(36)32-15(2)17-9-30-24(31-10-17)25(26,27)28)7-21-20(19)13-35(33-21)12-18-11-34(3)4-5-37-18/h6-10,13,15,18H,4-5,11-12H2,1-3H3,(H,32,36). The number of morpholine rings is 1. The number of ether oxygens (including phenoxy) is 1. The van der Waals surface area contributed by atoms with Gasteiger partial charge >= 0.3 is 6.18 Å². The third kappa shape index (κ3) is 5.69. The molecule has 1 aliphatic heterocycles. The Hall–Kier alpha value is -3.42. The normalized spacial score (nSPS) is 17.6. The summed E-state index contributed by atoms with van der Waals surface area (Å²) in [5.74, 6) is -1.63. The Morgan fingerprint density at radius 3 is 2.66 bits per heavy atom. The molecular weight excluding hydrogens is 519 g/mol. The zero-order valence-corrected chi connectivity index (χ0v) is 21.8. The fourth-order valence-corrected chi connectivity index (χ4v) is 5.11. The van der Waals surface area contributed by atoms with Crippen LogP contribution < -0.4 is 5.32 Å². The van der Waals surface area contributed by atoms with Gasteiger partial charge in [0.1, 0.15) is 5.01 Å². The molecule has 1 amide bonds. The van der Waals surface area contributed by atoms with E-state index in [1.807, 2.05) is 17.8 Å². The number of fused-ring (bicyclic) bond motifs is 1. The number of nitrogens with zero attached hydrogens (tertiary/aromatic N) is 6. The van der Waals surface area contributed by atoms with Crippen molar-refractivity contribution < 1.29 is 22.7 Å². The summed E-state index contributed by atoms with van der Waals surface area (Å²) in [4.78, 5) is 27.8. The van der Waals surface area contributed by atoms with Crippen molar-refractivity contribution in [3.63, 3.8) is 0 Å². The Morgan fingerprint density at radius 1 is 1.24 bits per heavy atom. The van der Waals surface area contributed by atoms with Crippen LogP contribution >= 0.6 is 11.3 Å². The molecule has 1 aromatic carbocycles. The molecule has 0 saturated carbocycles. The number of nitrogens with one attached hydrogen (secondary N) is 1. The van der Waals surface area contributed by atoms with Gasteiger partial charge in [0.05, 0.1) is 30.8 Å². The van der Waals surface area contributed by atoms with Crippen molar-refractivity contribution in [2.75, 3.05) is 26.7 Å². The topological polar surface area (TPSA) is 98.1 Å². The second kappa shape index (κ2) is 10.4. The van der Waals surface area contributed by atoms with Crippen LogP contribution in [-0.2, 0) is 17.5 Å². The fourth-order valence-electron chi connectivity index (χ4n) is 4.31. The molecule has 0 spiro atoms. The second-order valence-corrected chi connectivity index (χ2v) is 10.6. The monoisotopic (exact) mass is 545 g/mol. The Balaban J connectivity index is 1.43. The van der Waals surface area contributed by atoms with Crippen molar-refractivity contribution in [1.82, 2.24) is 34.9 Å². The maximum Gasteiger partial charge on any atom is 0.451 e. The van der Waals surface area contributed by atoms with Crippen LogP contribution in [0.1, 0.15) is 39.6 Å². The average molecular weight is 546 g/mol. The van der Waals surface area contributed by atoms with Gasteiger partial charge < -0.3 is 15.0 Å². The molecule has 200 valence electrons. The van der Waals surface area contributed by atoms with Crippen molar-refractivity contribution in [1.29, 1.82) is 0 Å². The van der Waals surface area contributed by atoms with Crippen LogP contribution in [0.5, 0.6) is 0 Å². The summed E-state index contributed by atoms with van der Waals surface area (Å²) in [6.07, 6.45) is 1.24. The third-order valence-corrected chi connectivity index (χ3v) is 7.24. The molecule has 0 aliphatic carbocycles.